The Morgan fingerprint density at radius 1 is 0.970 bits per heavy atom. The number of hydrogen-bond acceptors (Lipinski definition) is 5. The van der Waals surface area contributed by atoms with E-state index in [1.807, 2.05) is 21.4 Å². The number of imidazole rings is 1. The summed E-state index contributed by atoms with van der Waals surface area (Å²) in [4.78, 5) is 17.4. The number of benzene rings is 1. The molecule has 8 nitrogen and oxygen atoms in total. The van der Waals surface area contributed by atoms with Crippen molar-refractivity contribution in [3.8, 4) is 22.5 Å². The van der Waals surface area contributed by atoms with Crippen molar-refractivity contribution in [1.82, 2.24) is 34.7 Å². The number of aromatic nitrogens is 7. The summed E-state index contributed by atoms with van der Waals surface area (Å²) in [7, 11) is 0. The molecule has 4 rings (SSSR count). The summed E-state index contributed by atoms with van der Waals surface area (Å²) in [6.07, 6.45) is 12.1. The number of H-pyrrole nitrogens is 1. The molecule has 0 fully saturated rings. The summed E-state index contributed by atoms with van der Waals surface area (Å²) in [6.45, 7) is 5.71. The maximum Gasteiger partial charge on any atom is 0.328 e. The quantitative estimate of drug-likeness (QED) is 0.344. The van der Waals surface area contributed by atoms with E-state index >= 15 is 0 Å². The third kappa shape index (κ3) is 5.27. The minimum absolute atomic E-state index is 0.0892. The highest BCUT2D eigenvalue weighted by molar-refractivity contribution is 5.79. The van der Waals surface area contributed by atoms with Gasteiger partial charge in [-0.3, -0.25) is 14.1 Å². The first-order valence-corrected chi connectivity index (χ1v) is 11.8. The Bertz CT molecular complexity index is 1210. The molecule has 1 aromatic carbocycles. The van der Waals surface area contributed by atoms with Crippen molar-refractivity contribution in [2.45, 2.75) is 65.5 Å². The molecule has 1 N–H and O–H groups in total. The van der Waals surface area contributed by atoms with Crippen LogP contribution in [0.25, 0.3) is 22.5 Å². The van der Waals surface area contributed by atoms with Crippen LogP contribution >= 0.6 is 0 Å². The van der Waals surface area contributed by atoms with Crippen LogP contribution in [0.3, 0.4) is 0 Å². The Hall–Kier alpha value is -3.55. The van der Waals surface area contributed by atoms with Crippen LogP contribution < -0.4 is 5.69 Å². The van der Waals surface area contributed by atoms with Gasteiger partial charge in [0, 0.05) is 42.0 Å². The molecule has 4 aromatic rings. The highest BCUT2D eigenvalue weighted by atomic mass is 16.1. The van der Waals surface area contributed by atoms with Crippen LogP contribution in [0.4, 0.5) is 0 Å². The van der Waals surface area contributed by atoms with Crippen LogP contribution in [0.5, 0.6) is 0 Å². The Balaban J connectivity index is 1.59. The van der Waals surface area contributed by atoms with Crippen LogP contribution in [-0.4, -0.2) is 34.7 Å². The number of aryl methyl sites for hydroxylation is 2. The summed E-state index contributed by atoms with van der Waals surface area (Å²) in [5.41, 5.74) is 5.18. The second-order valence-corrected chi connectivity index (χ2v) is 8.36. The largest absolute Gasteiger partial charge is 0.328 e. The normalized spacial score (nSPS) is 11.2. The van der Waals surface area contributed by atoms with Gasteiger partial charge in [0.15, 0.2) is 5.82 Å². The number of hydrogen-bond donors (Lipinski definition) is 1. The average molecular weight is 446 g/mol. The lowest BCUT2D eigenvalue weighted by molar-refractivity contribution is 0.591. The Morgan fingerprint density at radius 2 is 1.79 bits per heavy atom. The maximum atomic E-state index is 13.1. The van der Waals surface area contributed by atoms with Gasteiger partial charge in [-0.1, -0.05) is 57.4 Å². The molecule has 0 saturated carbocycles. The van der Waals surface area contributed by atoms with Crippen LogP contribution in [-0.2, 0) is 19.5 Å². The zero-order valence-corrected chi connectivity index (χ0v) is 19.4. The molecular formula is C25H31N7O. The van der Waals surface area contributed by atoms with E-state index in [0.29, 0.717) is 12.4 Å². The second-order valence-electron chi connectivity index (χ2n) is 8.36. The zero-order chi connectivity index (χ0) is 23.0. The first-order valence-electron chi connectivity index (χ1n) is 11.8. The fraction of sp³-hybridized carbons (Fsp3) is 0.400. The number of pyridine rings is 1. The van der Waals surface area contributed by atoms with Crippen molar-refractivity contribution < 1.29 is 0 Å². The van der Waals surface area contributed by atoms with Gasteiger partial charge in [0.25, 0.3) is 0 Å². The lowest BCUT2D eigenvalue weighted by Gasteiger charge is -2.10. The number of aromatic amines is 1. The lowest BCUT2D eigenvalue weighted by Crippen LogP contribution is -2.25. The SMILES string of the molecule is CCCCCc1cn(CCCC)c(=O)n1Cc1ccc(-c2cnccc2-c2nnn[nH]2)cc1. The average Bonchev–Trinajstić information content (AvgIpc) is 3.48. The molecule has 0 bridgehead atoms. The van der Waals surface area contributed by atoms with E-state index in [9.17, 15) is 4.79 Å². The summed E-state index contributed by atoms with van der Waals surface area (Å²) in [5.74, 6) is 0.605. The van der Waals surface area contributed by atoms with E-state index in [-0.39, 0.29) is 5.69 Å². The molecular weight excluding hydrogens is 414 g/mol. The van der Waals surface area contributed by atoms with E-state index in [1.165, 1.54) is 12.8 Å². The molecule has 172 valence electrons. The number of rotatable bonds is 11. The van der Waals surface area contributed by atoms with Gasteiger partial charge >= 0.3 is 5.69 Å². The summed E-state index contributed by atoms with van der Waals surface area (Å²) < 4.78 is 3.82. The monoisotopic (exact) mass is 445 g/mol. The molecule has 0 spiro atoms. The van der Waals surface area contributed by atoms with E-state index in [4.69, 9.17) is 0 Å². The van der Waals surface area contributed by atoms with Crippen molar-refractivity contribution in [2.75, 3.05) is 0 Å². The van der Waals surface area contributed by atoms with Crippen LogP contribution in [0.1, 0.15) is 57.2 Å². The minimum Gasteiger partial charge on any atom is -0.299 e. The molecule has 3 aromatic heterocycles. The topological polar surface area (TPSA) is 94.3 Å². The lowest BCUT2D eigenvalue weighted by atomic mass is 10.0. The smallest absolute Gasteiger partial charge is 0.299 e. The maximum absolute atomic E-state index is 13.1. The second kappa shape index (κ2) is 10.8. The minimum atomic E-state index is 0.0892. The van der Waals surface area contributed by atoms with Gasteiger partial charge in [-0.05, 0) is 46.9 Å². The van der Waals surface area contributed by atoms with E-state index < -0.39 is 0 Å². The molecule has 0 radical (unpaired) electrons. The molecule has 3 heterocycles. The number of nitrogens with zero attached hydrogens (tertiary/aromatic N) is 6. The molecule has 0 amide bonds. The number of tetrazole rings is 1. The van der Waals surface area contributed by atoms with Crippen molar-refractivity contribution in [1.29, 1.82) is 0 Å². The summed E-state index contributed by atoms with van der Waals surface area (Å²) in [5, 5.41) is 14.2. The zero-order valence-electron chi connectivity index (χ0n) is 19.4. The Morgan fingerprint density at radius 3 is 2.52 bits per heavy atom. The summed E-state index contributed by atoms with van der Waals surface area (Å²) >= 11 is 0. The summed E-state index contributed by atoms with van der Waals surface area (Å²) in [6, 6.07) is 10.2. The Kier molecular flexibility index (Phi) is 7.44. The molecule has 33 heavy (non-hydrogen) atoms. The van der Waals surface area contributed by atoms with Crippen LogP contribution in [0.15, 0.2) is 53.7 Å². The fourth-order valence-electron chi connectivity index (χ4n) is 4.07. The van der Waals surface area contributed by atoms with Gasteiger partial charge in [0.2, 0.25) is 0 Å². The van der Waals surface area contributed by atoms with Gasteiger partial charge in [-0.15, -0.1) is 5.10 Å². The van der Waals surface area contributed by atoms with Gasteiger partial charge in [0.05, 0.1) is 6.54 Å². The van der Waals surface area contributed by atoms with E-state index in [2.05, 4.69) is 69.9 Å². The van der Waals surface area contributed by atoms with Crippen LogP contribution in [0, 0.1) is 0 Å². The Labute approximate surface area is 193 Å². The highest BCUT2D eigenvalue weighted by Crippen LogP contribution is 2.29. The van der Waals surface area contributed by atoms with Gasteiger partial charge in [-0.2, -0.15) is 0 Å². The van der Waals surface area contributed by atoms with E-state index in [0.717, 1.165) is 60.2 Å². The molecule has 0 aliphatic rings. The standard InChI is InChI=1S/C25H31N7O/c1-3-5-7-8-21-18-31(15-6-4-2)25(33)32(21)17-19-9-11-20(12-10-19)23-16-26-14-13-22(23)24-27-29-30-28-24/h9-14,16,18H,3-8,15,17H2,1-2H3,(H,27,28,29,30). The molecule has 0 saturated heterocycles. The number of nitrogens with one attached hydrogen (secondary N) is 1. The van der Waals surface area contributed by atoms with Crippen molar-refractivity contribution in [3.05, 3.63) is 70.7 Å². The van der Waals surface area contributed by atoms with Crippen LogP contribution in [0.2, 0.25) is 0 Å². The van der Waals surface area contributed by atoms with Crippen molar-refractivity contribution >= 4 is 0 Å². The van der Waals surface area contributed by atoms with E-state index in [1.54, 1.807) is 6.20 Å². The molecule has 0 unspecified atom stereocenters. The third-order valence-electron chi connectivity index (χ3n) is 5.94. The first kappa shape index (κ1) is 22.6. The van der Waals surface area contributed by atoms with Gasteiger partial charge in [-0.25, -0.2) is 9.89 Å². The fourth-order valence-corrected chi connectivity index (χ4v) is 4.07. The van der Waals surface area contributed by atoms with Gasteiger partial charge < -0.3 is 0 Å². The molecule has 0 aliphatic carbocycles. The highest BCUT2D eigenvalue weighted by Gasteiger charge is 2.13. The number of unbranched alkanes of at least 4 members (excludes halogenated alkanes) is 3. The third-order valence-corrected chi connectivity index (χ3v) is 5.94. The molecule has 8 heteroatoms. The van der Waals surface area contributed by atoms with Crippen molar-refractivity contribution in [2.24, 2.45) is 0 Å². The molecule has 0 aliphatic heterocycles. The van der Waals surface area contributed by atoms with Gasteiger partial charge in [0.1, 0.15) is 0 Å². The molecule has 0 atom stereocenters. The van der Waals surface area contributed by atoms with Crippen molar-refractivity contribution in [3.63, 3.8) is 0 Å². The predicted molar refractivity (Wildman–Crippen MR) is 129 cm³/mol. The first-order chi connectivity index (χ1) is 16.2. The predicted octanol–water partition coefficient (Wildman–Crippen LogP) is 4.47.